The molecule has 0 spiro atoms. The monoisotopic (exact) mass is 318 g/mol. The second kappa shape index (κ2) is 5.10. The van der Waals surface area contributed by atoms with Gasteiger partial charge in [0.05, 0.1) is 12.0 Å². The number of carboxylic acids is 1. The standard InChI is InChI=1S/C21H21NO2/c23-21(24)15-8-9-17-16(11-15)18-13-6-7-14(10-13)19(18)20(22-17)12-4-2-1-3-5-12/h1-5,8-9,11,13-14,18-20,22H,6-7,10H2,(H,23,24)/p-1/t13-,14+,18-,19-,20+/m1/s1. The zero-order chi connectivity index (χ0) is 16.3. The molecule has 2 saturated carbocycles. The summed E-state index contributed by atoms with van der Waals surface area (Å²) in [6, 6.07) is 16.5. The van der Waals surface area contributed by atoms with Crippen LogP contribution >= 0.6 is 0 Å². The van der Waals surface area contributed by atoms with Gasteiger partial charge in [-0.2, -0.15) is 0 Å². The fourth-order valence-corrected chi connectivity index (χ4v) is 5.60. The number of hydrogen-bond donors (Lipinski definition) is 1. The number of carboxylic acid groups (broad SMARTS) is 1. The molecule has 5 atom stereocenters. The number of hydrogen-bond acceptors (Lipinski definition) is 3. The van der Waals surface area contributed by atoms with E-state index in [1.165, 1.54) is 30.4 Å². The maximum absolute atomic E-state index is 11.3. The predicted molar refractivity (Wildman–Crippen MR) is 90.6 cm³/mol. The number of carbonyl (C=O) groups excluding carboxylic acids is 1. The van der Waals surface area contributed by atoms with Crippen molar-refractivity contribution in [2.75, 3.05) is 5.32 Å². The Morgan fingerprint density at radius 3 is 2.62 bits per heavy atom. The van der Waals surface area contributed by atoms with Crippen molar-refractivity contribution in [3.05, 3.63) is 65.2 Å². The molecule has 3 nitrogen and oxygen atoms in total. The van der Waals surface area contributed by atoms with Crippen molar-refractivity contribution in [2.24, 2.45) is 17.8 Å². The van der Waals surface area contributed by atoms with Crippen LogP contribution in [0.1, 0.15) is 52.7 Å². The molecule has 2 bridgehead atoms. The fraction of sp³-hybridized carbons (Fsp3) is 0.381. The average Bonchev–Trinajstić information content (AvgIpc) is 3.23. The van der Waals surface area contributed by atoms with Gasteiger partial charge in [-0.1, -0.05) is 36.4 Å². The lowest BCUT2D eigenvalue weighted by atomic mass is 9.68. The normalized spacial score (nSPS) is 32.8. The van der Waals surface area contributed by atoms with Gasteiger partial charge in [0.2, 0.25) is 0 Å². The number of carbonyl (C=O) groups is 1. The second-order valence-corrected chi connectivity index (χ2v) is 7.56. The van der Waals surface area contributed by atoms with Crippen LogP contribution in [0.5, 0.6) is 0 Å². The second-order valence-electron chi connectivity index (χ2n) is 7.56. The highest BCUT2D eigenvalue weighted by atomic mass is 16.4. The van der Waals surface area contributed by atoms with Crippen molar-refractivity contribution < 1.29 is 9.90 Å². The number of anilines is 1. The molecule has 1 aliphatic heterocycles. The third-order valence-corrected chi connectivity index (χ3v) is 6.48. The SMILES string of the molecule is O=C([O-])c1ccc2c(c1)[C@H]1[C@@H]3CC[C@@H](C3)[C@H]1[C@H](c1ccccc1)N2. The summed E-state index contributed by atoms with van der Waals surface area (Å²) in [4.78, 5) is 11.3. The van der Waals surface area contributed by atoms with E-state index in [-0.39, 0.29) is 0 Å². The first-order valence-electron chi connectivity index (χ1n) is 8.89. The topological polar surface area (TPSA) is 52.2 Å². The third-order valence-electron chi connectivity index (χ3n) is 6.48. The molecule has 5 rings (SSSR count). The molecule has 0 aromatic heterocycles. The van der Waals surface area contributed by atoms with E-state index in [2.05, 4.69) is 35.6 Å². The fourth-order valence-electron chi connectivity index (χ4n) is 5.60. The highest BCUT2D eigenvalue weighted by molar-refractivity contribution is 5.87. The molecule has 2 aromatic rings. The Bertz CT molecular complexity index is 801. The maximum atomic E-state index is 11.3. The maximum Gasteiger partial charge on any atom is 0.0715 e. The highest BCUT2D eigenvalue weighted by Gasteiger charge is 2.53. The van der Waals surface area contributed by atoms with Gasteiger partial charge in [0.25, 0.3) is 0 Å². The van der Waals surface area contributed by atoms with Gasteiger partial charge in [0.1, 0.15) is 0 Å². The molecule has 2 fully saturated rings. The summed E-state index contributed by atoms with van der Waals surface area (Å²) in [6.45, 7) is 0. The third kappa shape index (κ3) is 1.94. The lowest BCUT2D eigenvalue weighted by Crippen LogP contribution is -2.35. The molecule has 24 heavy (non-hydrogen) atoms. The van der Waals surface area contributed by atoms with E-state index in [9.17, 15) is 9.90 Å². The van der Waals surface area contributed by atoms with Crippen LogP contribution < -0.4 is 10.4 Å². The summed E-state index contributed by atoms with van der Waals surface area (Å²) in [7, 11) is 0. The Morgan fingerprint density at radius 2 is 1.83 bits per heavy atom. The molecule has 0 saturated heterocycles. The van der Waals surface area contributed by atoms with E-state index in [4.69, 9.17) is 0 Å². The van der Waals surface area contributed by atoms with Gasteiger partial charge in [-0.3, -0.25) is 0 Å². The van der Waals surface area contributed by atoms with E-state index in [0.717, 1.165) is 11.6 Å². The first kappa shape index (κ1) is 14.1. The van der Waals surface area contributed by atoms with E-state index >= 15 is 0 Å². The average molecular weight is 318 g/mol. The number of rotatable bonds is 2. The molecule has 1 heterocycles. The number of aromatic carboxylic acids is 1. The Kier molecular flexibility index (Phi) is 2.99. The molecule has 2 aromatic carbocycles. The Hall–Kier alpha value is -2.29. The Balaban J connectivity index is 1.64. The van der Waals surface area contributed by atoms with Crippen LogP contribution in [-0.2, 0) is 0 Å². The largest absolute Gasteiger partial charge is 0.545 e. The van der Waals surface area contributed by atoms with Crippen molar-refractivity contribution in [2.45, 2.75) is 31.2 Å². The van der Waals surface area contributed by atoms with Crippen LogP contribution in [0, 0.1) is 17.8 Å². The van der Waals surface area contributed by atoms with E-state index < -0.39 is 5.97 Å². The van der Waals surface area contributed by atoms with Gasteiger partial charge in [0.15, 0.2) is 0 Å². The van der Waals surface area contributed by atoms with Crippen molar-refractivity contribution in [1.29, 1.82) is 0 Å². The van der Waals surface area contributed by atoms with Crippen LogP contribution in [0.4, 0.5) is 5.69 Å². The zero-order valence-electron chi connectivity index (χ0n) is 13.4. The smallest absolute Gasteiger partial charge is 0.0715 e. The van der Waals surface area contributed by atoms with Crippen LogP contribution in [0.25, 0.3) is 0 Å². The van der Waals surface area contributed by atoms with Crippen LogP contribution in [-0.4, -0.2) is 5.97 Å². The van der Waals surface area contributed by atoms with Crippen LogP contribution in [0.15, 0.2) is 48.5 Å². The first-order valence-corrected chi connectivity index (χ1v) is 8.89. The number of nitrogens with one attached hydrogen (secondary N) is 1. The minimum absolute atomic E-state index is 0.301. The van der Waals surface area contributed by atoms with Crippen molar-refractivity contribution in [1.82, 2.24) is 0 Å². The quantitative estimate of drug-likeness (QED) is 0.924. The van der Waals surface area contributed by atoms with Crippen molar-refractivity contribution in [3.8, 4) is 0 Å². The van der Waals surface area contributed by atoms with E-state index in [1.54, 1.807) is 6.07 Å². The van der Waals surface area contributed by atoms with E-state index in [1.807, 2.05) is 12.1 Å². The summed E-state index contributed by atoms with van der Waals surface area (Å²) in [6.07, 6.45) is 3.88. The van der Waals surface area contributed by atoms with Gasteiger partial charge in [0, 0.05) is 5.69 Å². The van der Waals surface area contributed by atoms with Crippen LogP contribution in [0.2, 0.25) is 0 Å². The Morgan fingerprint density at radius 1 is 1.04 bits per heavy atom. The molecule has 2 aliphatic carbocycles. The molecule has 3 aliphatic rings. The molecular weight excluding hydrogens is 298 g/mol. The van der Waals surface area contributed by atoms with Crippen molar-refractivity contribution in [3.63, 3.8) is 0 Å². The zero-order valence-corrected chi connectivity index (χ0v) is 13.4. The lowest BCUT2D eigenvalue weighted by molar-refractivity contribution is -0.255. The summed E-state index contributed by atoms with van der Waals surface area (Å²) in [5, 5.41) is 15.0. The van der Waals surface area contributed by atoms with Gasteiger partial charge in [-0.15, -0.1) is 0 Å². The minimum Gasteiger partial charge on any atom is -0.545 e. The summed E-state index contributed by atoms with van der Waals surface area (Å²) < 4.78 is 0. The van der Waals surface area contributed by atoms with Gasteiger partial charge in [-0.25, -0.2) is 0 Å². The summed E-state index contributed by atoms with van der Waals surface area (Å²) in [5.41, 5.74) is 3.94. The molecule has 0 radical (unpaired) electrons. The number of benzene rings is 2. The molecular formula is C21H20NO2-. The van der Waals surface area contributed by atoms with Crippen LogP contribution in [0.3, 0.4) is 0 Å². The van der Waals surface area contributed by atoms with Gasteiger partial charge < -0.3 is 15.2 Å². The molecule has 0 unspecified atom stereocenters. The minimum atomic E-state index is -1.08. The number of fused-ring (bicyclic) bond motifs is 7. The first-order chi connectivity index (χ1) is 11.7. The molecule has 3 heteroatoms. The van der Waals surface area contributed by atoms with Gasteiger partial charge in [-0.05, 0) is 71.8 Å². The predicted octanol–water partition coefficient (Wildman–Crippen LogP) is 3.35. The lowest BCUT2D eigenvalue weighted by Gasteiger charge is -2.43. The van der Waals surface area contributed by atoms with Crippen molar-refractivity contribution >= 4 is 11.7 Å². The summed E-state index contributed by atoms with van der Waals surface area (Å²) in [5.74, 6) is 1.41. The highest BCUT2D eigenvalue weighted by Crippen LogP contribution is 2.63. The molecule has 0 amide bonds. The molecule has 1 N–H and O–H groups in total. The summed E-state index contributed by atoms with van der Waals surface area (Å²) >= 11 is 0. The molecule has 122 valence electrons. The van der Waals surface area contributed by atoms with Gasteiger partial charge >= 0.3 is 0 Å². The van der Waals surface area contributed by atoms with E-state index in [0.29, 0.717) is 29.4 Å². The Labute approximate surface area is 141 Å².